The van der Waals surface area contributed by atoms with Crippen LogP contribution in [0, 0.1) is 5.41 Å². The molecule has 0 aromatic heterocycles. The molecule has 0 aliphatic rings. The third-order valence-electron chi connectivity index (χ3n) is 1.34. The Morgan fingerprint density at radius 2 is 2.18 bits per heavy atom. The van der Waals surface area contributed by atoms with Crippen molar-refractivity contribution in [1.29, 1.82) is 0 Å². The molecule has 66 valence electrons. The van der Waals surface area contributed by atoms with Gasteiger partial charge in [-0.3, -0.25) is 4.39 Å². The molecule has 4 heteroatoms. The highest BCUT2D eigenvalue weighted by Crippen LogP contribution is 2.24. The summed E-state index contributed by atoms with van der Waals surface area (Å²) in [4.78, 5) is 0. The average molecular weight is 179 g/mol. The highest BCUT2D eigenvalue weighted by molar-refractivity contribution is 8.13. The van der Waals surface area contributed by atoms with Crippen LogP contribution in [0.2, 0.25) is 0 Å². The zero-order valence-electron chi connectivity index (χ0n) is 7.09. The molecule has 0 heterocycles. The van der Waals surface area contributed by atoms with Crippen LogP contribution in [-0.2, 0) is 0 Å². The second kappa shape index (κ2) is 4.59. The summed E-state index contributed by atoms with van der Waals surface area (Å²) >= 11 is 1.35. The number of oxime groups is 1. The van der Waals surface area contributed by atoms with Crippen LogP contribution in [0.25, 0.3) is 0 Å². The van der Waals surface area contributed by atoms with Crippen LogP contribution in [0.4, 0.5) is 4.39 Å². The van der Waals surface area contributed by atoms with Crippen molar-refractivity contribution in [3.63, 3.8) is 0 Å². The lowest BCUT2D eigenvalue weighted by molar-refractivity contribution is 0.262. The minimum atomic E-state index is -0.412. The maximum atomic E-state index is 12.3. The number of hydrogen-bond acceptors (Lipinski definition) is 3. The van der Waals surface area contributed by atoms with Crippen molar-refractivity contribution < 1.29 is 9.60 Å². The third-order valence-corrected chi connectivity index (χ3v) is 2.04. The lowest BCUT2D eigenvalue weighted by Gasteiger charge is -2.19. The maximum Gasteiger partial charge on any atom is 0.113 e. The first-order valence-corrected chi connectivity index (χ1v) is 4.59. The van der Waals surface area contributed by atoms with Gasteiger partial charge in [0.2, 0.25) is 0 Å². The first-order chi connectivity index (χ1) is 5.05. The lowest BCUT2D eigenvalue weighted by atomic mass is 9.92. The van der Waals surface area contributed by atoms with Gasteiger partial charge in [-0.15, -0.1) is 11.8 Å². The molecule has 0 amide bonds. The minimum absolute atomic E-state index is 0.396. The van der Waals surface area contributed by atoms with E-state index in [2.05, 4.69) is 5.16 Å². The van der Waals surface area contributed by atoms with E-state index >= 15 is 0 Å². The molecule has 11 heavy (non-hydrogen) atoms. The normalized spacial score (nSPS) is 13.6. The fourth-order valence-corrected chi connectivity index (χ4v) is 1.22. The molecule has 0 saturated carbocycles. The van der Waals surface area contributed by atoms with Crippen molar-refractivity contribution in [1.82, 2.24) is 0 Å². The van der Waals surface area contributed by atoms with Crippen molar-refractivity contribution in [3.8, 4) is 0 Å². The Balaban J connectivity index is 4.01. The maximum absolute atomic E-state index is 12.3. The fraction of sp³-hybridized carbons (Fsp3) is 0.857. The van der Waals surface area contributed by atoms with Crippen LogP contribution >= 0.6 is 11.8 Å². The van der Waals surface area contributed by atoms with Crippen molar-refractivity contribution in [3.05, 3.63) is 0 Å². The van der Waals surface area contributed by atoms with Gasteiger partial charge in [-0.1, -0.05) is 19.0 Å². The van der Waals surface area contributed by atoms with Crippen LogP contribution in [0.3, 0.4) is 0 Å². The molecule has 2 nitrogen and oxygen atoms in total. The average Bonchev–Trinajstić information content (AvgIpc) is 2.00. The van der Waals surface area contributed by atoms with Gasteiger partial charge in [-0.2, -0.15) is 0 Å². The zero-order chi connectivity index (χ0) is 8.91. The quantitative estimate of drug-likeness (QED) is 0.312. The monoisotopic (exact) mass is 179 g/mol. The van der Waals surface area contributed by atoms with E-state index in [-0.39, 0.29) is 0 Å². The number of alkyl halides is 1. The summed E-state index contributed by atoms with van der Waals surface area (Å²) in [5.41, 5.74) is -0.412. The van der Waals surface area contributed by atoms with Gasteiger partial charge in [0.05, 0.1) is 6.67 Å². The van der Waals surface area contributed by atoms with Crippen molar-refractivity contribution in [2.45, 2.75) is 20.3 Å². The van der Waals surface area contributed by atoms with E-state index in [1.165, 1.54) is 11.8 Å². The molecule has 0 fully saturated rings. The molecule has 0 aromatic carbocycles. The van der Waals surface area contributed by atoms with Gasteiger partial charge >= 0.3 is 0 Å². The number of nitrogens with zero attached hydrogens (tertiary/aromatic N) is 1. The van der Waals surface area contributed by atoms with Gasteiger partial charge < -0.3 is 5.21 Å². The largest absolute Gasteiger partial charge is 0.410 e. The van der Waals surface area contributed by atoms with E-state index < -0.39 is 12.1 Å². The Hall–Kier alpha value is -0.250. The SMILES string of the molecule is CSC(CC(C)(C)CF)=NO. The van der Waals surface area contributed by atoms with Crippen LogP contribution in [0.15, 0.2) is 5.16 Å². The summed E-state index contributed by atoms with van der Waals surface area (Å²) in [5, 5.41) is 12.1. The number of thioether (sulfide) groups is 1. The molecule has 0 bridgehead atoms. The molecule has 0 aliphatic carbocycles. The van der Waals surface area contributed by atoms with E-state index in [1.54, 1.807) is 13.8 Å². The number of halogens is 1. The van der Waals surface area contributed by atoms with Crippen LogP contribution in [0.1, 0.15) is 20.3 Å². The van der Waals surface area contributed by atoms with E-state index in [4.69, 9.17) is 5.21 Å². The second-order valence-corrected chi connectivity index (χ2v) is 4.05. The summed E-state index contributed by atoms with van der Waals surface area (Å²) < 4.78 is 12.3. The summed E-state index contributed by atoms with van der Waals surface area (Å²) in [6, 6.07) is 0. The van der Waals surface area contributed by atoms with Crippen LogP contribution in [-0.4, -0.2) is 23.2 Å². The van der Waals surface area contributed by atoms with Gasteiger partial charge in [0.1, 0.15) is 5.04 Å². The molecular formula is C7H14FNOS. The lowest BCUT2D eigenvalue weighted by Crippen LogP contribution is -2.17. The summed E-state index contributed by atoms with van der Waals surface area (Å²) in [7, 11) is 0. The molecule has 0 spiro atoms. The predicted octanol–water partition coefficient (Wildman–Crippen LogP) is 2.52. The molecule has 0 unspecified atom stereocenters. The zero-order valence-corrected chi connectivity index (χ0v) is 7.91. The van der Waals surface area contributed by atoms with Gasteiger partial charge in [0, 0.05) is 6.42 Å². The molecular weight excluding hydrogens is 165 g/mol. The molecule has 0 aromatic rings. The minimum Gasteiger partial charge on any atom is -0.410 e. The molecule has 0 rings (SSSR count). The first-order valence-electron chi connectivity index (χ1n) is 3.36. The predicted molar refractivity (Wildman–Crippen MR) is 47.1 cm³/mol. The van der Waals surface area contributed by atoms with Gasteiger partial charge in [0.25, 0.3) is 0 Å². The highest BCUT2D eigenvalue weighted by atomic mass is 32.2. The second-order valence-electron chi connectivity index (χ2n) is 3.17. The van der Waals surface area contributed by atoms with Crippen molar-refractivity contribution in [2.75, 3.05) is 12.9 Å². The number of hydrogen-bond donors (Lipinski definition) is 1. The third kappa shape index (κ3) is 4.24. The first kappa shape index (κ1) is 10.8. The van der Waals surface area contributed by atoms with E-state index in [0.717, 1.165) is 0 Å². The Kier molecular flexibility index (Phi) is 4.49. The van der Waals surface area contributed by atoms with Gasteiger partial charge in [-0.25, -0.2) is 0 Å². The topological polar surface area (TPSA) is 32.6 Å². The van der Waals surface area contributed by atoms with Crippen LogP contribution in [0.5, 0.6) is 0 Å². The van der Waals surface area contributed by atoms with Gasteiger partial charge in [-0.05, 0) is 11.7 Å². The van der Waals surface area contributed by atoms with Crippen molar-refractivity contribution in [2.24, 2.45) is 10.6 Å². The number of rotatable bonds is 3. The van der Waals surface area contributed by atoms with Crippen molar-refractivity contribution >= 4 is 16.8 Å². The summed E-state index contributed by atoms with van der Waals surface area (Å²) in [6.45, 7) is 3.20. The van der Waals surface area contributed by atoms with Crippen LogP contribution < -0.4 is 0 Å². The fourth-order valence-electron chi connectivity index (χ4n) is 0.605. The smallest absolute Gasteiger partial charge is 0.113 e. The standard InChI is InChI=1S/C7H14FNOS/c1-7(2,5-8)4-6(9-10)11-3/h10H,4-5H2,1-3H3. The van der Waals surface area contributed by atoms with Gasteiger partial charge in [0.15, 0.2) is 0 Å². The molecule has 0 radical (unpaired) electrons. The molecule has 1 N–H and O–H groups in total. The van der Waals surface area contributed by atoms with E-state index in [0.29, 0.717) is 11.5 Å². The molecule has 0 aliphatic heterocycles. The summed E-state index contributed by atoms with van der Waals surface area (Å²) in [5.74, 6) is 0. The Morgan fingerprint density at radius 3 is 2.45 bits per heavy atom. The Morgan fingerprint density at radius 1 is 1.64 bits per heavy atom. The highest BCUT2D eigenvalue weighted by Gasteiger charge is 2.20. The molecule has 0 saturated heterocycles. The van der Waals surface area contributed by atoms with E-state index in [9.17, 15) is 4.39 Å². The summed E-state index contributed by atoms with van der Waals surface area (Å²) in [6.07, 6.45) is 2.30. The molecule has 0 atom stereocenters. The van der Waals surface area contributed by atoms with E-state index in [1.807, 2.05) is 6.26 Å². The Bertz CT molecular complexity index is 147. The Labute approximate surface area is 70.9 Å².